The van der Waals surface area contributed by atoms with Crippen LogP contribution in [-0.4, -0.2) is 30.4 Å². The zero-order valence-electron chi connectivity index (χ0n) is 20.1. The Morgan fingerprint density at radius 1 is 1.18 bits per heavy atom. The smallest absolute Gasteiger partial charge is 0.224 e. The molecule has 7 nitrogen and oxygen atoms in total. The number of fused-ring (bicyclic) bond motifs is 1. The summed E-state index contributed by atoms with van der Waals surface area (Å²) in [4.78, 5) is 26.2. The fraction of sp³-hybridized carbons (Fsp3) is 0.423. The van der Waals surface area contributed by atoms with E-state index in [1.54, 1.807) is 12.3 Å². The van der Waals surface area contributed by atoms with Crippen LogP contribution in [0.15, 0.2) is 47.0 Å². The number of para-hydroxylation sites is 1. The molecule has 178 valence electrons. The first-order chi connectivity index (χ1) is 16.1. The Morgan fingerprint density at radius 3 is 2.55 bits per heavy atom. The second-order valence-corrected chi connectivity index (χ2v) is 7.64. The lowest BCUT2D eigenvalue weighted by atomic mass is 9.94. The number of piperidine rings is 1. The maximum atomic E-state index is 12.2. The molecule has 1 saturated heterocycles. The lowest BCUT2D eigenvalue weighted by Crippen LogP contribution is -2.30. The molecule has 0 spiro atoms. The number of aromatic nitrogens is 1. The molecule has 3 aromatic rings. The van der Waals surface area contributed by atoms with Gasteiger partial charge in [-0.05, 0) is 69.0 Å². The number of nitrogens with one attached hydrogen (secondary N) is 3. The molecule has 1 aliphatic heterocycles. The number of furan rings is 1. The fourth-order valence-corrected chi connectivity index (χ4v) is 3.64. The number of amides is 2. The predicted molar refractivity (Wildman–Crippen MR) is 134 cm³/mol. The van der Waals surface area contributed by atoms with Crippen molar-refractivity contribution < 1.29 is 14.0 Å². The quantitative estimate of drug-likeness (QED) is 0.441. The lowest BCUT2D eigenvalue weighted by molar-refractivity contribution is -0.117. The van der Waals surface area contributed by atoms with E-state index in [4.69, 9.17) is 4.42 Å². The van der Waals surface area contributed by atoms with Crippen molar-refractivity contribution in [3.05, 3.63) is 53.9 Å². The first-order valence-electron chi connectivity index (χ1n) is 11.7. The van der Waals surface area contributed by atoms with Gasteiger partial charge in [-0.3, -0.25) is 9.59 Å². The van der Waals surface area contributed by atoms with Crippen LogP contribution in [0.4, 0.5) is 11.5 Å². The maximum Gasteiger partial charge on any atom is 0.224 e. The summed E-state index contributed by atoms with van der Waals surface area (Å²) in [5.74, 6) is 1.95. The molecule has 2 amide bonds. The minimum atomic E-state index is 0.0894. The first-order valence-corrected chi connectivity index (χ1v) is 11.7. The predicted octanol–water partition coefficient (Wildman–Crippen LogP) is 5.31. The number of hydrogen-bond donors (Lipinski definition) is 3. The molecule has 4 rings (SSSR count). The normalized spacial score (nSPS) is 13.2. The summed E-state index contributed by atoms with van der Waals surface area (Å²) in [5, 5.41) is 9.79. The monoisotopic (exact) mass is 452 g/mol. The summed E-state index contributed by atoms with van der Waals surface area (Å²) in [6.45, 7) is 9.99. The minimum absolute atomic E-state index is 0.0894. The van der Waals surface area contributed by atoms with Crippen molar-refractivity contribution in [2.45, 2.75) is 53.4 Å². The topological polar surface area (TPSA) is 96.3 Å². The lowest BCUT2D eigenvalue weighted by Gasteiger charge is -2.21. The van der Waals surface area contributed by atoms with E-state index >= 15 is 0 Å². The summed E-state index contributed by atoms with van der Waals surface area (Å²) in [5.41, 5.74) is 2.81. The molecule has 0 radical (unpaired) electrons. The van der Waals surface area contributed by atoms with E-state index in [0.717, 1.165) is 54.8 Å². The molecule has 3 N–H and O–H groups in total. The van der Waals surface area contributed by atoms with Crippen LogP contribution >= 0.6 is 0 Å². The molecular weight excluding hydrogens is 416 g/mol. The molecule has 7 heteroatoms. The van der Waals surface area contributed by atoms with Crippen LogP contribution in [-0.2, 0) is 16.0 Å². The minimum Gasteiger partial charge on any atom is -0.459 e. The largest absolute Gasteiger partial charge is 0.459 e. The molecule has 0 bridgehead atoms. The van der Waals surface area contributed by atoms with E-state index < -0.39 is 0 Å². The summed E-state index contributed by atoms with van der Waals surface area (Å²) < 4.78 is 5.67. The summed E-state index contributed by atoms with van der Waals surface area (Å²) >= 11 is 0. The van der Waals surface area contributed by atoms with Crippen LogP contribution in [0.25, 0.3) is 11.0 Å². The standard InChI is InChI=1S/C16H20N2O2.C8H10N2O.C2H6/c1-11-16(13-4-2-3-5-14(13)20-11)18-15(19)10-12-6-8-17-9-7-12;1-2-7-3-4-8(9-5-7)10-6-11;1-2/h2-5,12,17H,6-10H2,1H3,(H,18,19);3-6H,2H2,1H3,(H,9,10,11);1-2H3. The SMILES string of the molecule is CC.CCc1ccc(NC=O)nc1.Cc1oc2ccccc2c1NC(=O)CC1CCNCC1. The number of benzene rings is 1. The zero-order valence-corrected chi connectivity index (χ0v) is 20.1. The van der Waals surface area contributed by atoms with Crippen LogP contribution in [0, 0.1) is 12.8 Å². The van der Waals surface area contributed by atoms with Gasteiger partial charge in [0.2, 0.25) is 12.3 Å². The molecular formula is C26H36N4O3. The molecule has 1 aliphatic rings. The van der Waals surface area contributed by atoms with E-state index in [0.29, 0.717) is 24.6 Å². The molecule has 33 heavy (non-hydrogen) atoms. The number of pyridine rings is 1. The number of carbonyl (C=O) groups is 2. The van der Waals surface area contributed by atoms with Gasteiger partial charge in [0.25, 0.3) is 0 Å². The fourth-order valence-electron chi connectivity index (χ4n) is 3.64. The molecule has 3 heterocycles. The number of anilines is 2. The van der Waals surface area contributed by atoms with Crippen LogP contribution in [0.2, 0.25) is 0 Å². The van der Waals surface area contributed by atoms with Gasteiger partial charge in [0, 0.05) is 18.0 Å². The third kappa shape index (κ3) is 8.02. The van der Waals surface area contributed by atoms with Gasteiger partial charge in [-0.25, -0.2) is 4.98 Å². The van der Waals surface area contributed by atoms with E-state index in [9.17, 15) is 9.59 Å². The van der Waals surface area contributed by atoms with Crippen molar-refractivity contribution in [2.24, 2.45) is 5.92 Å². The molecule has 0 aliphatic carbocycles. The second-order valence-electron chi connectivity index (χ2n) is 7.64. The Labute approximate surface area is 196 Å². The van der Waals surface area contributed by atoms with Gasteiger partial charge < -0.3 is 20.4 Å². The third-order valence-corrected chi connectivity index (χ3v) is 5.41. The molecule has 0 saturated carbocycles. The van der Waals surface area contributed by atoms with Gasteiger partial charge in [-0.1, -0.05) is 39.0 Å². The molecule has 0 unspecified atom stereocenters. The van der Waals surface area contributed by atoms with Crippen LogP contribution in [0.1, 0.15) is 51.4 Å². The Hall–Kier alpha value is -3.19. The Balaban J connectivity index is 0.000000252. The van der Waals surface area contributed by atoms with Gasteiger partial charge >= 0.3 is 0 Å². The number of carbonyl (C=O) groups excluding carboxylic acids is 2. The van der Waals surface area contributed by atoms with Gasteiger partial charge in [-0.15, -0.1) is 0 Å². The first kappa shape index (κ1) is 26.1. The molecule has 0 atom stereocenters. The van der Waals surface area contributed by atoms with E-state index in [1.165, 1.54) is 5.56 Å². The van der Waals surface area contributed by atoms with E-state index in [1.807, 2.05) is 51.1 Å². The van der Waals surface area contributed by atoms with Gasteiger partial charge in [-0.2, -0.15) is 0 Å². The highest BCUT2D eigenvalue weighted by Gasteiger charge is 2.19. The van der Waals surface area contributed by atoms with Crippen molar-refractivity contribution in [3.63, 3.8) is 0 Å². The number of nitrogens with zero attached hydrogens (tertiary/aromatic N) is 1. The van der Waals surface area contributed by atoms with Crippen LogP contribution < -0.4 is 16.0 Å². The summed E-state index contributed by atoms with van der Waals surface area (Å²) in [7, 11) is 0. The highest BCUT2D eigenvalue weighted by Crippen LogP contribution is 2.30. The van der Waals surface area contributed by atoms with Gasteiger partial charge in [0.05, 0.1) is 5.69 Å². The van der Waals surface area contributed by atoms with Crippen molar-refractivity contribution >= 4 is 34.8 Å². The third-order valence-electron chi connectivity index (χ3n) is 5.41. The van der Waals surface area contributed by atoms with E-state index in [-0.39, 0.29) is 5.91 Å². The highest BCUT2D eigenvalue weighted by molar-refractivity contribution is 6.01. The van der Waals surface area contributed by atoms with E-state index in [2.05, 4.69) is 27.9 Å². The molecule has 2 aromatic heterocycles. The zero-order chi connectivity index (χ0) is 24.1. The van der Waals surface area contributed by atoms with Crippen molar-refractivity contribution in [3.8, 4) is 0 Å². The average molecular weight is 453 g/mol. The second kappa shape index (κ2) is 14.1. The van der Waals surface area contributed by atoms with Crippen molar-refractivity contribution in [2.75, 3.05) is 23.7 Å². The maximum absolute atomic E-state index is 12.2. The molecule has 1 aromatic carbocycles. The Bertz CT molecular complexity index is 992. The highest BCUT2D eigenvalue weighted by atomic mass is 16.3. The van der Waals surface area contributed by atoms with Crippen LogP contribution in [0.5, 0.6) is 0 Å². The average Bonchev–Trinajstić information content (AvgIpc) is 3.17. The summed E-state index contributed by atoms with van der Waals surface area (Å²) in [6.07, 6.45) is 6.10. The molecule has 1 fully saturated rings. The van der Waals surface area contributed by atoms with Gasteiger partial charge in [0.15, 0.2) is 0 Å². The number of hydrogen-bond acceptors (Lipinski definition) is 5. The Kier molecular flexibility index (Phi) is 11.1. The van der Waals surface area contributed by atoms with Gasteiger partial charge in [0.1, 0.15) is 17.2 Å². The summed E-state index contributed by atoms with van der Waals surface area (Å²) in [6, 6.07) is 11.5. The van der Waals surface area contributed by atoms with Crippen LogP contribution in [0.3, 0.4) is 0 Å². The van der Waals surface area contributed by atoms with Crippen molar-refractivity contribution in [1.82, 2.24) is 10.3 Å². The van der Waals surface area contributed by atoms with Crippen molar-refractivity contribution in [1.29, 1.82) is 0 Å². The Morgan fingerprint density at radius 2 is 1.91 bits per heavy atom. The number of rotatable bonds is 6. The number of aryl methyl sites for hydroxylation is 2.